The summed E-state index contributed by atoms with van der Waals surface area (Å²) >= 11 is 7.43. The van der Waals surface area contributed by atoms with E-state index >= 15 is 0 Å². The van der Waals surface area contributed by atoms with Crippen LogP contribution in [-0.2, 0) is 0 Å². The third kappa shape index (κ3) is 3.38. The Hall–Kier alpha value is -2.31. The van der Waals surface area contributed by atoms with Gasteiger partial charge in [-0.15, -0.1) is 11.3 Å². The number of carbonyl (C=O) groups is 1. The zero-order valence-electron chi connectivity index (χ0n) is 12.4. The zero-order chi connectivity index (χ0) is 16.4. The highest BCUT2D eigenvalue weighted by molar-refractivity contribution is 7.13. The van der Waals surface area contributed by atoms with Crippen molar-refractivity contribution >= 4 is 34.5 Å². The van der Waals surface area contributed by atoms with E-state index in [1.165, 1.54) is 11.3 Å². The maximum absolute atomic E-state index is 12.3. The molecule has 0 bridgehead atoms. The summed E-state index contributed by atoms with van der Waals surface area (Å²) in [6.07, 6.45) is 0. The number of carbonyl (C=O) groups excluding carboxylic acids is 1. The number of hydrogen-bond acceptors (Lipinski definition) is 5. The summed E-state index contributed by atoms with van der Waals surface area (Å²) in [5, 5.41) is 5.49. The van der Waals surface area contributed by atoms with Crippen molar-refractivity contribution in [3.8, 4) is 16.5 Å². The first kappa shape index (κ1) is 15.6. The fraction of sp³-hybridized carbons (Fsp3) is 0.125. The molecule has 7 heteroatoms. The van der Waals surface area contributed by atoms with Gasteiger partial charge in [0.1, 0.15) is 17.2 Å². The molecule has 0 unspecified atom stereocenters. The van der Waals surface area contributed by atoms with E-state index in [9.17, 15) is 4.79 Å². The summed E-state index contributed by atoms with van der Waals surface area (Å²) in [5.74, 6) is 1.70. The summed E-state index contributed by atoms with van der Waals surface area (Å²) in [6, 6.07) is 8.72. The van der Waals surface area contributed by atoms with Crippen LogP contribution in [0.25, 0.3) is 10.8 Å². The number of ether oxygens (including phenoxy) is 1. The standard InChI is InChI=1S/C16H13ClN2O3S/c1-9-3-6-14(22-9)16-19-13(8-23-16)15(20)18-12-7-10(21-2)4-5-11(12)17/h3-8H,1-2H3,(H,18,20). The number of amides is 1. The van der Waals surface area contributed by atoms with Crippen LogP contribution in [0.1, 0.15) is 16.2 Å². The van der Waals surface area contributed by atoms with E-state index in [0.29, 0.717) is 32.9 Å². The van der Waals surface area contributed by atoms with Gasteiger partial charge < -0.3 is 14.5 Å². The van der Waals surface area contributed by atoms with E-state index in [1.807, 2.05) is 19.1 Å². The second kappa shape index (κ2) is 6.44. The number of methoxy groups -OCH3 is 1. The topological polar surface area (TPSA) is 64.4 Å². The highest BCUT2D eigenvalue weighted by Gasteiger charge is 2.15. The van der Waals surface area contributed by atoms with Crippen molar-refractivity contribution in [2.24, 2.45) is 0 Å². The number of halogens is 1. The lowest BCUT2D eigenvalue weighted by molar-refractivity contribution is 0.102. The lowest BCUT2D eigenvalue weighted by Gasteiger charge is -2.07. The van der Waals surface area contributed by atoms with Gasteiger partial charge in [-0.3, -0.25) is 4.79 Å². The quantitative estimate of drug-likeness (QED) is 0.746. The Morgan fingerprint density at radius 1 is 1.35 bits per heavy atom. The Labute approximate surface area is 141 Å². The fourth-order valence-corrected chi connectivity index (χ4v) is 2.88. The molecule has 118 valence electrons. The Balaban J connectivity index is 1.80. The van der Waals surface area contributed by atoms with Crippen LogP contribution in [0.3, 0.4) is 0 Å². The van der Waals surface area contributed by atoms with Crippen molar-refractivity contribution in [1.29, 1.82) is 0 Å². The lowest BCUT2D eigenvalue weighted by Crippen LogP contribution is -2.12. The van der Waals surface area contributed by atoms with Crippen molar-refractivity contribution < 1.29 is 13.9 Å². The summed E-state index contributed by atoms with van der Waals surface area (Å²) in [6.45, 7) is 1.86. The minimum atomic E-state index is -0.342. The van der Waals surface area contributed by atoms with Crippen LogP contribution in [0, 0.1) is 6.92 Å². The van der Waals surface area contributed by atoms with Gasteiger partial charge in [0.2, 0.25) is 0 Å². The Kier molecular flexibility index (Phi) is 4.36. The average molecular weight is 349 g/mol. The highest BCUT2D eigenvalue weighted by Crippen LogP contribution is 2.29. The van der Waals surface area contributed by atoms with Crippen LogP contribution in [0.5, 0.6) is 5.75 Å². The van der Waals surface area contributed by atoms with E-state index in [4.69, 9.17) is 20.8 Å². The zero-order valence-corrected chi connectivity index (χ0v) is 14.0. The Morgan fingerprint density at radius 2 is 2.17 bits per heavy atom. The van der Waals surface area contributed by atoms with Crippen molar-refractivity contribution in [2.45, 2.75) is 6.92 Å². The maximum Gasteiger partial charge on any atom is 0.275 e. The third-order valence-corrected chi connectivity index (χ3v) is 4.30. The van der Waals surface area contributed by atoms with Crippen LogP contribution in [0.2, 0.25) is 5.02 Å². The van der Waals surface area contributed by atoms with Gasteiger partial charge in [-0.05, 0) is 31.2 Å². The molecule has 0 saturated heterocycles. The number of thiazole rings is 1. The number of nitrogens with one attached hydrogen (secondary N) is 1. The van der Waals surface area contributed by atoms with Gasteiger partial charge in [0, 0.05) is 11.4 Å². The summed E-state index contributed by atoms with van der Waals surface area (Å²) in [7, 11) is 1.55. The van der Waals surface area contributed by atoms with E-state index in [1.54, 1.807) is 30.7 Å². The molecule has 1 aromatic carbocycles. The number of hydrogen-bond donors (Lipinski definition) is 1. The molecule has 0 aliphatic carbocycles. The summed E-state index contributed by atoms with van der Waals surface area (Å²) < 4.78 is 10.6. The lowest BCUT2D eigenvalue weighted by atomic mass is 10.3. The van der Waals surface area contributed by atoms with Gasteiger partial charge in [0.15, 0.2) is 10.8 Å². The number of benzene rings is 1. The molecule has 0 fully saturated rings. The number of nitrogens with zero attached hydrogens (tertiary/aromatic N) is 1. The first-order chi connectivity index (χ1) is 11.1. The highest BCUT2D eigenvalue weighted by atomic mass is 35.5. The smallest absolute Gasteiger partial charge is 0.275 e. The molecule has 2 heterocycles. The van der Waals surface area contributed by atoms with Gasteiger partial charge in [0.25, 0.3) is 5.91 Å². The predicted molar refractivity (Wildman–Crippen MR) is 90.5 cm³/mol. The monoisotopic (exact) mass is 348 g/mol. The molecule has 3 aromatic rings. The van der Waals surface area contributed by atoms with Gasteiger partial charge in [-0.1, -0.05) is 11.6 Å². The van der Waals surface area contributed by atoms with Crippen LogP contribution >= 0.6 is 22.9 Å². The second-order valence-corrected chi connectivity index (χ2v) is 6.01. The first-order valence-corrected chi connectivity index (χ1v) is 8.00. The molecule has 23 heavy (non-hydrogen) atoms. The molecule has 2 aromatic heterocycles. The second-order valence-electron chi connectivity index (χ2n) is 4.75. The number of rotatable bonds is 4. The third-order valence-electron chi connectivity index (χ3n) is 3.11. The normalized spacial score (nSPS) is 10.6. The number of furan rings is 1. The summed E-state index contributed by atoms with van der Waals surface area (Å²) in [4.78, 5) is 16.6. The van der Waals surface area contributed by atoms with Crippen molar-refractivity contribution in [3.05, 3.63) is 52.2 Å². The largest absolute Gasteiger partial charge is 0.497 e. The van der Waals surface area contributed by atoms with Gasteiger partial charge in [0.05, 0.1) is 17.8 Å². The minimum absolute atomic E-state index is 0.304. The molecule has 0 atom stereocenters. The molecule has 1 N–H and O–H groups in total. The van der Waals surface area contributed by atoms with Gasteiger partial charge >= 0.3 is 0 Å². The van der Waals surface area contributed by atoms with Crippen LogP contribution < -0.4 is 10.1 Å². The predicted octanol–water partition coefficient (Wildman–Crippen LogP) is 4.63. The molecule has 1 amide bonds. The SMILES string of the molecule is COc1ccc(Cl)c(NC(=O)c2csc(-c3ccc(C)o3)n2)c1. The van der Waals surface area contributed by atoms with Crippen molar-refractivity contribution in [2.75, 3.05) is 12.4 Å². The molecule has 0 saturated carbocycles. The maximum atomic E-state index is 12.3. The van der Waals surface area contributed by atoms with Crippen molar-refractivity contribution in [1.82, 2.24) is 4.98 Å². The molecular weight excluding hydrogens is 336 g/mol. The minimum Gasteiger partial charge on any atom is -0.497 e. The fourth-order valence-electron chi connectivity index (χ4n) is 1.95. The molecule has 0 aliphatic rings. The first-order valence-electron chi connectivity index (χ1n) is 6.74. The molecule has 0 radical (unpaired) electrons. The number of aromatic nitrogens is 1. The van der Waals surface area contributed by atoms with E-state index in [2.05, 4.69) is 10.3 Å². The van der Waals surface area contributed by atoms with Gasteiger partial charge in [-0.25, -0.2) is 4.98 Å². The molecule has 0 spiro atoms. The number of aryl methyl sites for hydroxylation is 1. The van der Waals surface area contributed by atoms with Gasteiger partial charge in [-0.2, -0.15) is 0 Å². The molecule has 5 nitrogen and oxygen atoms in total. The van der Waals surface area contributed by atoms with Crippen molar-refractivity contribution in [3.63, 3.8) is 0 Å². The molecule has 0 aliphatic heterocycles. The Bertz CT molecular complexity index is 857. The van der Waals surface area contributed by atoms with Crippen LogP contribution in [0.4, 0.5) is 5.69 Å². The van der Waals surface area contributed by atoms with E-state index < -0.39 is 0 Å². The number of anilines is 1. The van der Waals surface area contributed by atoms with E-state index in [0.717, 1.165) is 5.76 Å². The molecule has 3 rings (SSSR count). The van der Waals surface area contributed by atoms with E-state index in [-0.39, 0.29) is 5.91 Å². The Morgan fingerprint density at radius 3 is 2.87 bits per heavy atom. The van der Waals surface area contributed by atoms with Crippen LogP contribution in [0.15, 0.2) is 40.1 Å². The summed E-state index contributed by atoms with van der Waals surface area (Å²) in [5.41, 5.74) is 0.775. The molecular formula is C16H13ClN2O3S. The average Bonchev–Trinajstić information content (AvgIpc) is 3.18. The van der Waals surface area contributed by atoms with Crippen LogP contribution in [-0.4, -0.2) is 18.0 Å².